The second kappa shape index (κ2) is 10.8. The summed E-state index contributed by atoms with van der Waals surface area (Å²) in [5.74, 6) is 0.734. The van der Waals surface area contributed by atoms with Crippen LogP contribution in [0.2, 0.25) is 0 Å². The largest absolute Gasteiger partial charge is 0.491 e. The lowest BCUT2D eigenvalue weighted by Crippen LogP contribution is -2.58. The third-order valence-corrected chi connectivity index (χ3v) is 6.29. The molecule has 1 aromatic carbocycles. The van der Waals surface area contributed by atoms with Gasteiger partial charge in [-0.15, -0.1) is 0 Å². The molecule has 1 aliphatic carbocycles. The SMILES string of the molecule is N#CCc1ccc(OC[C@@H](O)CNCC2(N3CCCCC3)CCCCC2)cc1. The van der Waals surface area contributed by atoms with Gasteiger partial charge in [0.25, 0.3) is 0 Å². The van der Waals surface area contributed by atoms with Crippen LogP contribution >= 0.6 is 0 Å². The summed E-state index contributed by atoms with van der Waals surface area (Å²) in [6, 6.07) is 9.66. The van der Waals surface area contributed by atoms with Crippen LogP contribution in [0.4, 0.5) is 0 Å². The normalized spacial score (nSPS) is 21.0. The van der Waals surface area contributed by atoms with Gasteiger partial charge in [-0.05, 0) is 56.5 Å². The number of aliphatic hydroxyl groups is 1. The van der Waals surface area contributed by atoms with Gasteiger partial charge in [-0.3, -0.25) is 4.90 Å². The first-order chi connectivity index (χ1) is 13.7. The lowest BCUT2D eigenvalue weighted by Gasteiger charge is -2.48. The molecule has 0 unspecified atom stereocenters. The minimum atomic E-state index is -0.527. The number of nitriles is 1. The fraction of sp³-hybridized carbons (Fsp3) is 0.696. The first-order valence-corrected chi connectivity index (χ1v) is 10.9. The maximum absolute atomic E-state index is 10.3. The summed E-state index contributed by atoms with van der Waals surface area (Å²) in [7, 11) is 0. The smallest absolute Gasteiger partial charge is 0.119 e. The fourth-order valence-electron chi connectivity index (χ4n) is 4.70. The molecule has 2 aliphatic rings. The van der Waals surface area contributed by atoms with E-state index in [1.54, 1.807) is 0 Å². The number of piperidine rings is 1. The van der Waals surface area contributed by atoms with E-state index >= 15 is 0 Å². The van der Waals surface area contributed by atoms with Crippen molar-refractivity contribution in [2.24, 2.45) is 0 Å². The zero-order valence-corrected chi connectivity index (χ0v) is 17.0. The number of likely N-dealkylation sites (tertiary alicyclic amines) is 1. The average molecular weight is 386 g/mol. The summed E-state index contributed by atoms with van der Waals surface area (Å²) in [6.45, 7) is 4.26. The van der Waals surface area contributed by atoms with Gasteiger partial charge in [0, 0.05) is 18.6 Å². The van der Waals surface area contributed by atoms with E-state index in [1.807, 2.05) is 24.3 Å². The Bertz CT molecular complexity index is 614. The molecular formula is C23H35N3O2. The van der Waals surface area contributed by atoms with E-state index in [1.165, 1.54) is 64.5 Å². The predicted molar refractivity (Wildman–Crippen MR) is 111 cm³/mol. The van der Waals surface area contributed by atoms with Gasteiger partial charge < -0.3 is 15.2 Å². The monoisotopic (exact) mass is 385 g/mol. The number of hydrogen-bond donors (Lipinski definition) is 2. The molecule has 1 aromatic rings. The molecule has 1 saturated heterocycles. The van der Waals surface area contributed by atoms with Crippen LogP contribution in [-0.4, -0.2) is 54.4 Å². The highest BCUT2D eigenvalue weighted by molar-refractivity contribution is 5.28. The fourth-order valence-corrected chi connectivity index (χ4v) is 4.70. The summed E-state index contributed by atoms with van der Waals surface area (Å²) in [5.41, 5.74) is 1.27. The molecule has 0 spiro atoms. The van der Waals surface area contributed by atoms with Gasteiger partial charge in [0.15, 0.2) is 0 Å². The van der Waals surface area contributed by atoms with Crippen LogP contribution < -0.4 is 10.1 Å². The minimum Gasteiger partial charge on any atom is -0.491 e. The predicted octanol–water partition coefficient (Wildman–Crippen LogP) is 3.27. The van der Waals surface area contributed by atoms with E-state index in [9.17, 15) is 5.11 Å². The Morgan fingerprint density at radius 2 is 1.75 bits per heavy atom. The number of nitrogens with zero attached hydrogens (tertiary/aromatic N) is 2. The van der Waals surface area contributed by atoms with Crippen LogP contribution in [-0.2, 0) is 6.42 Å². The van der Waals surface area contributed by atoms with Crippen molar-refractivity contribution in [3.8, 4) is 11.8 Å². The summed E-state index contributed by atoms with van der Waals surface area (Å²) in [5, 5.41) is 22.6. The van der Waals surface area contributed by atoms with Crippen LogP contribution in [0, 0.1) is 11.3 Å². The Morgan fingerprint density at radius 3 is 2.43 bits per heavy atom. The summed E-state index contributed by atoms with van der Waals surface area (Å²) in [4.78, 5) is 2.73. The first kappa shape index (κ1) is 21.1. The summed E-state index contributed by atoms with van der Waals surface area (Å²) >= 11 is 0. The van der Waals surface area contributed by atoms with E-state index in [0.29, 0.717) is 13.0 Å². The van der Waals surface area contributed by atoms with Crippen molar-refractivity contribution in [3.05, 3.63) is 29.8 Å². The van der Waals surface area contributed by atoms with E-state index in [0.717, 1.165) is 17.9 Å². The molecule has 0 bridgehead atoms. The third-order valence-electron chi connectivity index (χ3n) is 6.29. The van der Waals surface area contributed by atoms with Crippen molar-refractivity contribution in [1.29, 1.82) is 5.26 Å². The number of hydrogen-bond acceptors (Lipinski definition) is 5. The molecule has 5 heteroatoms. The van der Waals surface area contributed by atoms with Gasteiger partial charge >= 0.3 is 0 Å². The Labute approximate surface area is 169 Å². The van der Waals surface area contributed by atoms with E-state index in [-0.39, 0.29) is 12.1 Å². The second-order valence-corrected chi connectivity index (χ2v) is 8.41. The third kappa shape index (κ3) is 5.94. The molecule has 0 radical (unpaired) electrons. The first-order valence-electron chi connectivity index (χ1n) is 10.9. The van der Waals surface area contributed by atoms with Crippen molar-refractivity contribution in [3.63, 3.8) is 0 Å². The molecule has 154 valence electrons. The minimum absolute atomic E-state index is 0.279. The molecule has 1 atom stereocenters. The van der Waals surface area contributed by atoms with Gasteiger partial charge in [0.05, 0.1) is 12.5 Å². The van der Waals surface area contributed by atoms with Crippen LogP contribution in [0.15, 0.2) is 24.3 Å². The van der Waals surface area contributed by atoms with Gasteiger partial charge in [0.2, 0.25) is 0 Å². The summed E-state index contributed by atoms with van der Waals surface area (Å²) < 4.78 is 5.70. The maximum atomic E-state index is 10.3. The Hall–Kier alpha value is -1.61. The highest BCUT2D eigenvalue weighted by Crippen LogP contribution is 2.35. The van der Waals surface area contributed by atoms with Gasteiger partial charge in [0.1, 0.15) is 18.5 Å². The van der Waals surface area contributed by atoms with Crippen molar-refractivity contribution >= 4 is 0 Å². The van der Waals surface area contributed by atoms with E-state index in [4.69, 9.17) is 10.00 Å². The number of ether oxygens (including phenoxy) is 1. The zero-order valence-electron chi connectivity index (χ0n) is 17.0. The standard InChI is InChI=1S/C23H35N3O2/c24-14-11-20-7-9-22(10-8-20)28-18-21(27)17-25-19-23(12-3-1-4-13-23)26-15-5-2-6-16-26/h7-10,21,25,27H,1-6,11-13,15-19H2/t21-/m0/s1. The second-order valence-electron chi connectivity index (χ2n) is 8.41. The zero-order chi connectivity index (χ0) is 19.7. The van der Waals surface area contributed by atoms with Gasteiger partial charge in [-0.25, -0.2) is 0 Å². The molecule has 1 saturated carbocycles. The van der Waals surface area contributed by atoms with Crippen LogP contribution in [0.3, 0.4) is 0 Å². The van der Waals surface area contributed by atoms with Crippen molar-refractivity contribution in [2.75, 3.05) is 32.8 Å². The molecule has 2 fully saturated rings. The number of aliphatic hydroxyl groups excluding tert-OH is 1. The molecule has 3 rings (SSSR count). The lowest BCUT2D eigenvalue weighted by atomic mass is 9.79. The quantitative estimate of drug-likeness (QED) is 0.683. The molecule has 2 N–H and O–H groups in total. The Balaban J connectivity index is 1.42. The number of rotatable bonds is 9. The molecule has 5 nitrogen and oxygen atoms in total. The van der Waals surface area contributed by atoms with Gasteiger partial charge in [-0.2, -0.15) is 5.26 Å². The highest BCUT2D eigenvalue weighted by Gasteiger charge is 2.37. The molecule has 1 aliphatic heterocycles. The Morgan fingerprint density at radius 1 is 1.07 bits per heavy atom. The van der Waals surface area contributed by atoms with Crippen LogP contribution in [0.5, 0.6) is 5.75 Å². The van der Waals surface area contributed by atoms with Crippen molar-refractivity contribution in [2.45, 2.75) is 69.4 Å². The van der Waals surface area contributed by atoms with Crippen molar-refractivity contribution < 1.29 is 9.84 Å². The number of nitrogens with one attached hydrogen (secondary N) is 1. The van der Waals surface area contributed by atoms with E-state index in [2.05, 4.69) is 16.3 Å². The number of benzene rings is 1. The van der Waals surface area contributed by atoms with Gasteiger partial charge in [-0.1, -0.05) is 37.8 Å². The van der Waals surface area contributed by atoms with Crippen LogP contribution in [0.1, 0.15) is 56.9 Å². The summed E-state index contributed by atoms with van der Waals surface area (Å²) in [6.07, 6.45) is 10.5. The molecular weight excluding hydrogens is 350 g/mol. The van der Waals surface area contributed by atoms with E-state index < -0.39 is 6.10 Å². The topological polar surface area (TPSA) is 68.5 Å². The van der Waals surface area contributed by atoms with Crippen LogP contribution in [0.25, 0.3) is 0 Å². The molecule has 1 heterocycles. The molecule has 0 aromatic heterocycles. The molecule has 28 heavy (non-hydrogen) atoms. The Kier molecular flexibility index (Phi) is 8.14. The molecule has 0 amide bonds. The average Bonchev–Trinajstić information content (AvgIpc) is 2.75. The maximum Gasteiger partial charge on any atom is 0.119 e. The highest BCUT2D eigenvalue weighted by atomic mass is 16.5. The van der Waals surface area contributed by atoms with Crippen molar-refractivity contribution in [1.82, 2.24) is 10.2 Å². The lowest BCUT2D eigenvalue weighted by molar-refractivity contribution is 0.0289.